The number of rotatable bonds is 3. The first-order valence-electron chi connectivity index (χ1n) is 7.05. The molecule has 112 valence electrons. The van der Waals surface area contributed by atoms with Crippen molar-refractivity contribution in [2.24, 2.45) is 0 Å². The van der Waals surface area contributed by atoms with E-state index in [0.29, 0.717) is 11.1 Å². The molecule has 21 heavy (non-hydrogen) atoms. The molecule has 0 N–H and O–H groups in total. The lowest BCUT2D eigenvalue weighted by Crippen LogP contribution is -2.18. The molecule has 0 bridgehead atoms. The minimum Gasteiger partial charge on any atom is -0.357 e. The highest BCUT2D eigenvalue weighted by atomic mass is 19.3. The molecule has 3 heterocycles. The van der Waals surface area contributed by atoms with Gasteiger partial charge in [0.2, 0.25) is 0 Å². The summed E-state index contributed by atoms with van der Waals surface area (Å²) < 4.78 is 33.3. The molecule has 1 aliphatic rings. The van der Waals surface area contributed by atoms with E-state index in [9.17, 15) is 8.78 Å². The maximum absolute atomic E-state index is 12.9. The van der Waals surface area contributed by atoms with Crippen molar-refractivity contribution in [3.05, 3.63) is 35.9 Å². The van der Waals surface area contributed by atoms with Crippen LogP contribution in [-0.2, 0) is 4.74 Å². The van der Waals surface area contributed by atoms with Crippen LogP contribution < -0.4 is 0 Å². The van der Waals surface area contributed by atoms with Crippen LogP contribution in [0.5, 0.6) is 0 Å². The summed E-state index contributed by atoms with van der Waals surface area (Å²) in [5, 5.41) is 4.31. The number of alkyl halides is 2. The standard InChI is InChI=1S/C15H17F2N3O/c1-10-12(7-18-8-13(10)15(16)17)11-6-19-20(9-11)14-4-2-3-5-21-14/h6-9,14-15H,2-5H2,1H3. The van der Waals surface area contributed by atoms with E-state index in [2.05, 4.69) is 10.1 Å². The maximum Gasteiger partial charge on any atom is 0.265 e. The molecule has 2 aromatic heterocycles. The second kappa shape index (κ2) is 5.89. The first-order chi connectivity index (χ1) is 10.2. The summed E-state index contributed by atoms with van der Waals surface area (Å²) in [6.45, 7) is 2.42. The molecule has 1 fully saturated rings. The van der Waals surface area contributed by atoms with E-state index in [0.717, 1.165) is 31.4 Å². The van der Waals surface area contributed by atoms with Gasteiger partial charge in [-0.1, -0.05) is 0 Å². The monoisotopic (exact) mass is 293 g/mol. The van der Waals surface area contributed by atoms with Crippen LogP contribution >= 0.6 is 0 Å². The third-order valence-corrected chi connectivity index (χ3v) is 3.85. The molecule has 3 rings (SSSR count). The Kier molecular flexibility index (Phi) is 3.96. The molecule has 0 aromatic carbocycles. The topological polar surface area (TPSA) is 39.9 Å². The quantitative estimate of drug-likeness (QED) is 0.862. The summed E-state index contributed by atoms with van der Waals surface area (Å²) in [6.07, 6.45) is 6.88. The van der Waals surface area contributed by atoms with Crippen LogP contribution in [0, 0.1) is 6.92 Å². The van der Waals surface area contributed by atoms with Crippen LogP contribution in [-0.4, -0.2) is 21.4 Å². The fourth-order valence-corrected chi connectivity index (χ4v) is 2.62. The van der Waals surface area contributed by atoms with Crippen LogP contribution in [0.25, 0.3) is 11.1 Å². The number of ether oxygens (including phenoxy) is 1. The van der Waals surface area contributed by atoms with Crippen LogP contribution in [0.3, 0.4) is 0 Å². The summed E-state index contributed by atoms with van der Waals surface area (Å²) in [5.74, 6) is 0. The molecule has 0 amide bonds. The lowest BCUT2D eigenvalue weighted by molar-refractivity contribution is -0.0394. The van der Waals surface area contributed by atoms with Crippen molar-refractivity contribution < 1.29 is 13.5 Å². The van der Waals surface area contributed by atoms with Gasteiger partial charge in [0.25, 0.3) is 6.43 Å². The third-order valence-electron chi connectivity index (χ3n) is 3.85. The summed E-state index contributed by atoms with van der Waals surface area (Å²) in [7, 11) is 0. The predicted molar refractivity (Wildman–Crippen MR) is 74.0 cm³/mol. The Morgan fingerprint density at radius 1 is 1.29 bits per heavy atom. The van der Waals surface area contributed by atoms with Gasteiger partial charge in [-0.3, -0.25) is 4.98 Å². The molecule has 1 atom stereocenters. The SMILES string of the molecule is Cc1c(-c2cnn(C3CCCCO3)c2)cncc1C(F)F. The van der Waals surface area contributed by atoms with E-state index in [4.69, 9.17) is 4.74 Å². The van der Waals surface area contributed by atoms with Gasteiger partial charge in [-0.2, -0.15) is 5.10 Å². The second-order valence-corrected chi connectivity index (χ2v) is 5.23. The number of aromatic nitrogens is 3. The summed E-state index contributed by atoms with van der Waals surface area (Å²) in [4.78, 5) is 3.92. The zero-order valence-electron chi connectivity index (χ0n) is 11.8. The Labute approximate surface area is 121 Å². The lowest BCUT2D eigenvalue weighted by atomic mass is 10.0. The largest absolute Gasteiger partial charge is 0.357 e. The Bertz CT molecular complexity index is 621. The summed E-state index contributed by atoms with van der Waals surface area (Å²) in [5.41, 5.74) is 1.99. The van der Waals surface area contributed by atoms with E-state index in [1.54, 1.807) is 24.0 Å². The average Bonchev–Trinajstić information content (AvgIpc) is 2.98. The molecule has 0 radical (unpaired) electrons. The average molecular weight is 293 g/mol. The van der Waals surface area contributed by atoms with Crippen molar-refractivity contribution in [2.75, 3.05) is 6.61 Å². The van der Waals surface area contributed by atoms with Crippen LogP contribution in [0.4, 0.5) is 8.78 Å². The van der Waals surface area contributed by atoms with Gasteiger partial charge in [-0.05, 0) is 31.7 Å². The summed E-state index contributed by atoms with van der Waals surface area (Å²) in [6, 6.07) is 0. The van der Waals surface area contributed by atoms with Gasteiger partial charge in [0.1, 0.15) is 6.23 Å². The molecule has 1 unspecified atom stereocenters. The molecular formula is C15H17F2N3O. The number of hydrogen-bond acceptors (Lipinski definition) is 3. The van der Waals surface area contributed by atoms with E-state index in [1.165, 1.54) is 6.20 Å². The molecule has 1 saturated heterocycles. The summed E-state index contributed by atoms with van der Waals surface area (Å²) >= 11 is 0. The molecule has 6 heteroatoms. The lowest BCUT2D eigenvalue weighted by Gasteiger charge is -2.22. The highest BCUT2D eigenvalue weighted by Gasteiger charge is 2.19. The predicted octanol–water partition coefficient (Wildman–Crippen LogP) is 3.89. The fourth-order valence-electron chi connectivity index (χ4n) is 2.62. The van der Waals surface area contributed by atoms with Crippen LogP contribution in [0.15, 0.2) is 24.8 Å². The van der Waals surface area contributed by atoms with Gasteiger partial charge in [0.15, 0.2) is 0 Å². The normalized spacial score (nSPS) is 19.1. The van der Waals surface area contributed by atoms with E-state index in [-0.39, 0.29) is 11.8 Å². The molecule has 0 spiro atoms. The number of hydrogen-bond donors (Lipinski definition) is 0. The van der Waals surface area contributed by atoms with Crippen molar-refractivity contribution in [3.8, 4) is 11.1 Å². The molecule has 0 saturated carbocycles. The van der Waals surface area contributed by atoms with Gasteiger partial charge < -0.3 is 4.74 Å². The van der Waals surface area contributed by atoms with Crippen molar-refractivity contribution >= 4 is 0 Å². The number of halogens is 2. The zero-order chi connectivity index (χ0) is 14.8. The minimum absolute atomic E-state index is 0.0332. The first kappa shape index (κ1) is 14.1. The van der Waals surface area contributed by atoms with Gasteiger partial charge in [-0.15, -0.1) is 0 Å². The highest BCUT2D eigenvalue weighted by Crippen LogP contribution is 2.31. The van der Waals surface area contributed by atoms with Crippen molar-refractivity contribution in [3.63, 3.8) is 0 Å². The fraction of sp³-hybridized carbons (Fsp3) is 0.467. The molecule has 2 aromatic rings. The van der Waals surface area contributed by atoms with E-state index in [1.807, 2.05) is 6.20 Å². The Morgan fingerprint density at radius 3 is 2.86 bits per heavy atom. The Balaban J connectivity index is 1.91. The maximum atomic E-state index is 12.9. The van der Waals surface area contributed by atoms with E-state index >= 15 is 0 Å². The molecule has 0 aliphatic carbocycles. The number of pyridine rings is 1. The van der Waals surface area contributed by atoms with Gasteiger partial charge in [0, 0.05) is 41.9 Å². The highest BCUT2D eigenvalue weighted by molar-refractivity contribution is 5.66. The van der Waals surface area contributed by atoms with E-state index < -0.39 is 6.43 Å². The van der Waals surface area contributed by atoms with Crippen molar-refractivity contribution in [1.29, 1.82) is 0 Å². The minimum atomic E-state index is -2.52. The van der Waals surface area contributed by atoms with Gasteiger partial charge >= 0.3 is 0 Å². The van der Waals surface area contributed by atoms with Crippen molar-refractivity contribution in [2.45, 2.75) is 38.8 Å². The van der Waals surface area contributed by atoms with Gasteiger partial charge in [-0.25, -0.2) is 13.5 Å². The second-order valence-electron chi connectivity index (χ2n) is 5.23. The van der Waals surface area contributed by atoms with Gasteiger partial charge in [0.05, 0.1) is 6.20 Å². The van der Waals surface area contributed by atoms with Crippen LogP contribution in [0.1, 0.15) is 43.0 Å². The zero-order valence-corrected chi connectivity index (χ0v) is 11.8. The van der Waals surface area contributed by atoms with Crippen molar-refractivity contribution in [1.82, 2.24) is 14.8 Å². The number of nitrogens with zero attached hydrogens (tertiary/aromatic N) is 3. The molecular weight excluding hydrogens is 276 g/mol. The third kappa shape index (κ3) is 2.81. The first-order valence-corrected chi connectivity index (χ1v) is 7.05. The Morgan fingerprint density at radius 2 is 2.14 bits per heavy atom. The Hall–Kier alpha value is -1.82. The smallest absolute Gasteiger partial charge is 0.265 e. The van der Waals surface area contributed by atoms with Crippen LogP contribution in [0.2, 0.25) is 0 Å². The molecule has 1 aliphatic heterocycles. The molecule has 4 nitrogen and oxygen atoms in total.